The van der Waals surface area contributed by atoms with E-state index in [-0.39, 0.29) is 6.54 Å². The van der Waals surface area contributed by atoms with Crippen molar-refractivity contribution in [3.8, 4) is 0 Å². The molecule has 6 nitrogen and oxygen atoms in total. The van der Waals surface area contributed by atoms with Gasteiger partial charge in [-0.1, -0.05) is 0 Å². The van der Waals surface area contributed by atoms with Gasteiger partial charge >= 0.3 is 5.97 Å². The number of amides is 2. The summed E-state index contributed by atoms with van der Waals surface area (Å²) in [5.41, 5.74) is -0.606. The zero-order valence-electron chi connectivity index (χ0n) is 10.1. The second-order valence-corrected chi connectivity index (χ2v) is 4.22. The molecule has 1 heterocycles. The molecule has 2 amide bonds. The summed E-state index contributed by atoms with van der Waals surface area (Å²) in [6.45, 7) is -0.803. The molecule has 1 unspecified atom stereocenters. The summed E-state index contributed by atoms with van der Waals surface area (Å²) in [6.07, 6.45) is 0. The third kappa shape index (κ3) is 2.58. The lowest BCUT2D eigenvalue weighted by molar-refractivity contribution is -0.144. The fourth-order valence-electron chi connectivity index (χ4n) is 1.89. The fraction of sp³-hybridized carbons (Fsp3) is 0.250. The molecular weight excluding hydrogens is 274 g/mol. The molecule has 1 aliphatic rings. The molecule has 0 radical (unpaired) electrons. The van der Waals surface area contributed by atoms with Crippen LogP contribution in [0.25, 0.3) is 0 Å². The molecule has 106 valence electrons. The minimum absolute atomic E-state index is 0.281. The highest BCUT2D eigenvalue weighted by atomic mass is 19.1. The van der Waals surface area contributed by atoms with Crippen LogP contribution in [0.1, 0.15) is 10.4 Å². The van der Waals surface area contributed by atoms with Crippen LogP contribution < -0.4 is 5.32 Å². The molecule has 2 N–H and O–H groups in total. The third-order valence-corrected chi connectivity index (χ3v) is 2.89. The number of benzene rings is 1. The number of carboxylic acids is 1. The van der Waals surface area contributed by atoms with Crippen LogP contribution in [-0.2, 0) is 9.59 Å². The lowest BCUT2D eigenvalue weighted by atomic mass is 10.1. The molecule has 1 saturated heterocycles. The number of aliphatic carboxylic acids is 1. The molecular formula is C12H10F2N2O4. The Morgan fingerprint density at radius 3 is 2.70 bits per heavy atom. The van der Waals surface area contributed by atoms with Gasteiger partial charge in [-0.05, 0) is 18.2 Å². The van der Waals surface area contributed by atoms with Crippen molar-refractivity contribution in [2.24, 2.45) is 0 Å². The van der Waals surface area contributed by atoms with E-state index in [0.29, 0.717) is 11.0 Å². The van der Waals surface area contributed by atoms with E-state index >= 15 is 0 Å². The van der Waals surface area contributed by atoms with Crippen molar-refractivity contribution < 1.29 is 28.3 Å². The molecule has 1 aliphatic heterocycles. The van der Waals surface area contributed by atoms with Crippen LogP contribution in [0.5, 0.6) is 0 Å². The van der Waals surface area contributed by atoms with Gasteiger partial charge in [0.05, 0.1) is 5.56 Å². The number of carbonyl (C=O) groups is 3. The molecule has 0 bridgehead atoms. The van der Waals surface area contributed by atoms with Crippen LogP contribution in [0.15, 0.2) is 18.2 Å². The predicted octanol–water partition coefficient (Wildman–Crippen LogP) is -0.01000. The smallest absolute Gasteiger partial charge is 0.328 e. The van der Waals surface area contributed by atoms with Gasteiger partial charge in [0.1, 0.15) is 24.2 Å². The SMILES string of the molecule is O=C1CN(C(=O)c2cc(F)ccc2F)C(C(=O)O)CN1. The van der Waals surface area contributed by atoms with Crippen molar-refractivity contribution in [1.82, 2.24) is 10.2 Å². The maximum atomic E-state index is 13.5. The second kappa shape index (κ2) is 5.24. The molecule has 1 atom stereocenters. The van der Waals surface area contributed by atoms with Crippen molar-refractivity contribution in [1.29, 1.82) is 0 Å². The van der Waals surface area contributed by atoms with E-state index in [2.05, 4.69) is 5.32 Å². The molecule has 8 heteroatoms. The number of carbonyl (C=O) groups excluding carboxylic acids is 2. The molecule has 20 heavy (non-hydrogen) atoms. The fourth-order valence-corrected chi connectivity index (χ4v) is 1.89. The first-order chi connectivity index (χ1) is 9.40. The summed E-state index contributed by atoms with van der Waals surface area (Å²) in [5.74, 6) is -4.75. The Bertz CT molecular complexity index is 591. The monoisotopic (exact) mass is 284 g/mol. The van der Waals surface area contributed by atoms with E-state index in [1.54, 1.807) is 0 Å². The number of carboxylic acid groups (broad SMARTS) is 1. The molecule has 0 aromatic heterocycles. The Morgan fingerprint density at radius 2 is 2.05 bits per heavy atom. The lowest BCUT2D eigenvalue weighted by Gasteiger charge is -2.32. The van der Waals surface area contributed by atoms with Gasteiger partial charge in [0.15, 0.2) is 0 Å². The molecule has 1 aromatic rings. The standard InChI is InChI=1S/C12H10F2N2O4/c13-6-1-2-8(14)7(3-6)11(18)16-5-10(17)15-4-9(16)12(19)20/h1-3,9H,4-5H2,(H,15,17)(H,19,20). The molecule has 1 aromatic carbocycles. The van der Waals surface area contributed by atoms with Crippen molar-refractivity contribution >= 4 is 17.8 Å². The first-order valence-electron chi connectivity index (χ1n) is 5.65. The van der Waals surface area contributed by atoms with Gasteiger partial charge < -0.3 is 15.3 Å². The van der Waals surface area contributed by atoms with E-state index in [1.807, 2.05) is 0 Å². The Labute approximate surface area is 112 Å². The van der Waals surface area contributed by atoms with E-state index in [4.69, 9.17) is 5.11 Å². The summed E-state index contributed by atoms with van der Waals surface area (Å²) in [7, 11) is 0. The second-order valence-electron chi connectivity index (χ2n) is 4.22. The minimum atomic E-state index is -1.34. The first-order valence-corrected chi connectivity index (χ1v) is 5.65. The van der Waals surface area contributed by atoms with Gasteiger partial charge in [-0.3, -0.25) is 9.59 Å². The Balaban J connectivity index is 2.36. The maximum Gasteiger partial charge on any atom is 0.328 e. The zero-order chi connectivity index (χ0) is 14.9. The molecule has 0 saturated carbocycles. The van der Waals surface area contributed by atoms with Gasteiger partial charge in [-0.2, -0.15) is 0 Å². The third-order valence-electron chi connectivity index (χ3n) is 2.89. The van der Waals surface area contributed by atoms with Crippen LogP contribution in [0, 0.1) is 11.6 Å². The van der Waals surface area contributed by atoms with Crippen LogP contribution in [0.2, 0.25) is 0 Å². The first kappa shape index (κ1) is 13.9. The van der Waals surface area contributed by atoms with E-state index in [0.717, 1.165) is 12.1 Å². The summed E-state index contributed by atoms with van der Waals surface area (Å²) in [5, 5.41) is 11.3. The van der Waals surface area contributed by atoms with E-state index < -0.39 is 47.6 Å². The zero-order valence-corrected chi connectivity index (χ0v) is 10.1. The Hall–Kier alpha value is -2.51. The number of piperazine rings is 1. The highest BCUT2D eigenvalue weighted by molar-refractivity contribution is 6.00. The number of halogens is 2. The quantitative estimate of drug-likeness (QED) is 0.799. The Morgan fingerprint density at radius 1 is 1.35 bits per heavy atom. The number of hydrogen-bond donors (Lipinski definition) is 2. The van der Waals surface area contributed by atoms with Crippen molar-refractivity contribution in [2.45, 2.75) is 6.04 Å². The average Bonchev–Trinajstić information content (AvgIpc) is 2.40. The average molecular weight is 284 g/mol. The highest BCUT2D eigenvalue weighted by Crippen LogP contribution is 2.15. The minimum Gasteiger partial charge on any atom is -0.480 e. The van der Waals surface area contributed by atoms with Crippen molar-refractivity contribution in [3.63, 3.8) is 0 Å². The van der Waals surface area contributed by atoms with E-state index in [9.17, 15) is 23.2 Å². The van der Waals surface area contributed by atoms with Crippen LogP contribution in [0.4, 0.5) is 8.78 Å². The molecule has 2 rings (SSSR count). The summed E-state index contributed by atoms with van der Waals surface area (Å²) in [6, 6.07) is 0.956. The summed E-state index contributed by atoms with van der Waals surface area (Å²) < 4.78 is 26.6. The molecule has 0 spiro atoms. The van der Waals surface area contributed by atoms with Gasteiger partial charge in [-0.25, -0.2) is 13.6 Å². The summed E-state index contributed by atoms with van der Waals surface area (Å²) in [4.78, 5) is 35.1. The van der Waals surface area contributed by atoms with Gasteiger partial charge in [0.2, 0.25) is 5.91 Å². The van der Waals surface area contributed by atoms with Crippen molar-refractivity contribution in [2.75, 3.05) is 13.1 Å². The van der Waals surface area contributed by atoms with Crippen LogP contribution >= 0.6 is 0 Å². The number of nitrogens with zero attached hydrogens (tertiary/aromatic N) is 1. The summed E-state index contributed by atoms with van der Waals surface area (Å²) >= 11 is 0. The topological polar surface area (TPSA) is 86.7 Å². The number of nitrogens with one attached hydrogen (secondary N) is 1. The molecule has 0 aliphatic carbocycles. The number of hydrogen-bond acceptors (Lipinski definition) is 3. The maximum absolute atomic E-state index is 13.5. The largest absolute Gasteiger partial charge is 0.480 e. The van der Waals surface area contributed by atoms with E-state index in [1.165, 1.54) is 0 Å². The van der Waals surface area contributed by atoms with Gasteiger partial charge in [-0.15, -0.1) is 0 Å². The number of rotatable bonds is 2. The van der Waals surface area contributed by atoms with Gasteiger partial charge in [0, 0.05) is 6.54 Å². The predicted molar refractivity (Wildman–Crippen MR) is 61.8 cm³/mol. The normalized spacial score (nSPS) is 18.6. The van der Waals surface area contributed by atoms with Crippen LogP contribution in [0.3, 0.4) is 0 Å². The van der Waals surface area contributed by atoms with Crippen molar-refractivity contribution in [3.05, 3.63) is 35.4 Å². The Kier molecular flexibility index (Phi) is 3.64. The molecule has 1 fully saturated rings. The highest BCUT2D eigenvalue weighted by Gasteiger charge is 2.36. The van der Waals surface area contributed by atoms with Gasteiger partial charge in [0.25, 0.3) is 5.91 Å². The van der Waals surface area contributed by atoms with Crippen LogP contribution in [-0.4, -0.2) is 46.9 Å². The lowest BCUT2D eigenvalue weighted by Crippen LogP contribution is -2.59.